The molecule has 0 unspecified atom stereocenters. The zero-order valence-corrected chi connectivity index (χ0v) is 11.1. The van der Waals surface area contributed by atoms with E-state index >= 15 is 0 Å². The molecule has 0 aromatic carbocycles. The molecule has 0 aliphatic carbocycles. The number of aliphatic hydroxyl groups is 1. The van der Waals surface area contributed by atoms with Gasteiger partial charge in [0.05, 0.1) is 18.3 Å². The predicted octanol–water partition coefficient (Wildman–Crippen LogP) is 0.0794. The molecule has 1 N–H and O–H groups in total. The van der Waals surface area contributed by atoms with Crippen molar-refractivity contribution in [3.05, 3.63) is 18.0 Å². The van der Waals surface area contributed by atoms with E-state index in [2.05, 4.69) is 5.10 Å². The summed E-state index contributed by atoms with van der Waals surface area (Å²) < 4.78 is 1.73. The van der Waals surface area contributed by atoms with Gasteiger partial charge in [-0.05, 0) is 18.4 Å². The maximum absolute atomic E-state index is 12.0. The molecular formula is C12H20N4O2. The van der Waals surface area contributed by atoms with Crippen molar-refractivity contribution in [2.75, 3.05) is 20.6 Å². The Morgan fingerprint density at radius 1 is 1.61 bits per heavy atom. The topological polar surface area (TPSA) is 61.6 Å². The highest BCUT2D eigenvalue weighted by Gasteiger charge is 2.36. The van der Waals surface area contributed by atoms with Gasteiger partial charge in [-0.15, -0.1) is 0 Å². The van der Waals surface area contributed by atoms with Gasteiger partial charge in [-0.25, -0.2) is 4.79 Å². The molecule has 0 radical (unpaired) electrons. The molecule has 1 aromatic heterocycles. The van der Waals surface area contributed by atoms with E-state index in [0.29, 0.717) is 19.4 Å². The number of hydrogen-bond donors (Lipinski definition) is 1. The van der Waals surface area contributed by atoms with Gasteiger partial charge < -0.3 is 14.9 Å². The number of carbonyl (C=O) groups is 1. The molecule has 1 aliphatic rings. The normalized spacial score (nSPS) is 23.4. The van der Waals surface area contributed by atoms with Crippen LogP contribution in [0.25, 0.3) is 0 Å². The number of carbonyl (C=O) groups excluding carboxylic acids is 1. The summed E-state index contributed by atoms with van der Waals surface area (Å²) in [6.45, 7) is 0.614. The third-order valence-electron chi connectivity index (χ3n) is 3.34. The third kappa shape index (κ3) is 2.48. The van der Waals surface area contributed by atoms with Crippen molar-refractivity contribution in [1.29, 1.82) is 0 Å². The number of aliphatic hydroxyl groups excluding tert-OH is 1. The minimum absolute atomic E-state index is 0.0413. The molecule has 1 aromatic rings. The van der Waals surface area contributed by atoms with E-state index in [4.69, 9.17) is 0 Å². The van der Waals surface area contributed by atoms with E-state index in [1.807, 2.05) is 13.2 Å². The van der Waals surface area contributed by atoms with Crippen LogP contribution in [0.4, 0.5) is 4.79 Å². The molecule has 0 saturated carbocycles. The smallest absolute Gasteiger partial charge is 0.319 e. The van der Waals surface area contributed by atoms with Crippen LogP contribution in [0.1, 0.15) is 12.0 Å². The Hall–Kier alpha value is -1.56. The average molecular weight is 252 g/mol. The molecule has 2 heterocycles. The largest absolute Gasteiger partial charge is 0.391 e. The molecular weight excluding hydrogens is 232 g/mol. The Kier molecular flexibility index (Phi) is 3.56. The van der Waals surface area contributed by atoms with Crippen LogP contribution in [-0.4, -0.2) is 63.5 Å². The molecule has 1 saturated heterocycles. The van der Waals surface area contributed by atoms with Crippen molar-refractivity contribution >= 4 is 6.03 Å². The highest BCUT2D eigenvalue weighted by molar-refractivity contribution is 5.74. The van der Waals surface area contributed by atoms with Crippen LogP contribution in [0, 0.1) is 0 Å². The Balaban J connectivity index is 2.10. The fourth-order valence-corrected chi connectivity index (χ4v) is 2.40. The van der Waals surface area contributed by atoms with E-state index in [0.717, 1.165) is 5.56 Å². The molecule has 2 atom stereocenters. The van der Waals surface area contributed by atoms with Crippen LogP contribution < -0.4 is 0 Å². The second-order valence-corrected chi connectivity index (χ2v) is 5.02. The maximum Gasteiger partial charge on any atom is 0.319 e. The summed E-state index contributed by atoms with van der Waals surface area (Å²) in [6, 6.07) is -0.190. The number of aryl methyl sites for hydroxylation is 1. The maximum atomic E-state index is 12.0. The number of urea groups is 1. The number of aromatic nitrogens is 2. The van der Waals surface area contributed by atoms with Crippen LogP contribution >= 0.6 is 0 Å². The van der Waals surface area contributed by atoms with Crippen LogP contribution in [0.15, 0.2) is 12.4 Å². The zero-order valence-electron chi connectivity index (χ0n) is 11.1. The molecule has 0 bridgehead atoms. The van der Waals surface area contributed by atoms with Crippen molar-refractivity contribution in [1.82, 2.24) is 19.6 Å². The Morgan fingerprint density at radius 2 is 2.33 bits per heavy atom. The van der Waals surface area contributed by atoms with Crippen molar-refractivity contribution in [2.45, 2.75) is 25.0 Å². The van der Waals surface area contributed by atoms with Gasteiger partial charge in [0, 0.05) is 33.9 Å². The molecule has 2 rings (SSSR count). The van der Waals surface area contributed by atoms with Gasteiger partial charge in [-0.1, -0.05) is 0 Å². The lowest BCUT2D eigenvalue weighted by Gasteiger charge is -2.28. The van der Waals surface area contributed by atoms with E-state index in [1.54, 1.807) is 34.8 Å². The summed E-state index contributed by atoms with van der Waals surface area (Å²) in [5.74, 6) is 0. The molecule has 6 heteroatoms. The Morgan fingerprint density at radius 3 is 2.89 bits per heavy atom. The van der Waals surface area contributed by atoms with E-state index in [9.17, 15) is 9.90 Å². The first-order valence-electron chi connectivity index (χ1n) is 6.12. The van der Waals surface area contributed by atoms with E-state index < -0.39 is 6.10 Å². The highest BCUT2D eigenvalue weighted by atomic mass is 16.3. The Labute approximate surface area is 107 Å². The molecule has 1 fully saturated rings. The summed E-state index contributed by atoms with van der Waals surface area (Å²) in [7, 11) is 5.32. The minimum atomic E-state index is -0.450. The molecule has 6 nitrogen and oxygen atoms in total. The number of hydrogen-bond acceptors (Lipinski definition) is 3. The molecule has 100 valence electrons. The van der Waals surface area contributed by atoms with Crippen molar-refractivity contribution < 1.29 is 9.90 Å². The second-order valence-electron chi connectivity index (χ2n) is 5.02. The first kappa shape index (κ1) is 12.9. The predicted molar refractivity (Wildman–Crippen MR) is 67.1 cm³/mol. The summed E-state index contributed by atoms with van der Waals surface area (Å²) in [5.41, 5.74) is 1.04. The van der Waals surface area contributed by atoms with Crippen LogP contribution in [0.5, 0.6) is 0 Å². The van der Waals surface area contributed by atoms with E-state index in [1.165, 1.54) is 0 Å². The van der Waals surface area contributed by atoms with Crippen molar-refractivity contribution in [3.8, 4) is 0 Å². The fraction of sp³-hybridized carbons (Fsp3) is 0.667. The van der Waals surface area contributed by atoms with Gasteiger partial charge in [0.2, 0.25) is 0 Å². The van der Waals surface area contributed by atoms with Crippen molar-refractivity contribution in [2.24, 2.45) is 7.05 Å². The Bertz CT molecular complexity index is 429. The summed E-state index contributed by atoms with van der Waals surface area (Å²) in [4.78, 5) is 15.3. The van der Waals surface area contributed by atoms with Crippen LogP contribution in [-0.2, 0) is 13.5 Å². The summed E-state index contributed by atoms with van der Waals surface area (Å²) >= 11 is 0. The van der Waals surface area contributed by atoms with E-state index in [-0.39, 0.29) is 12.1 Å². The average Bonchev–Trinajstić information content (AvgIpc) is 2.87. The van der Waals surface area contributed by atoms with Gasteiger partial charge in [0.15, 0.2) is 0 Å². The van der Waals surface area contributed by atoms with Gasteiger partial charge in [-0.3, -0.25) is 4.68 Å². The van der Waals surface area contributed by atoms with Crippen LogP contribution in [0.3, 0.4) is 0 Å². The number of rotatable bonds is 2. The van der Waals surface area contributed by atoms with Crippen molar-refractivity contribution in [3.63, 3.8) is 0 Å². The number of likely N-dealkylation sites (tertiary alicyclic amines) is 1. The van der Waals surface area contributed by atoms with Gasteiger partial charge in [-0.2, -0.15) is 5.10 Å². The lowest BCUT2D eigenvalue weighted by Crippen LogP contribution is -2.45. The fourth-order valence-electron chi connectivity index (χ4n) is 2.40. The quantitative estimate of drug-likeness (QED) is 0.811. The standard InChI is InChI=1S/C12H20N4O2/c1-14(2)12(18)16-5-4-11(17)10(16)6-9-7-13-15(3)8-9/h7-8,10-11,17H,4-6H2,1-3H3/t10-,11+/m0/s1. The van der Waals surface area contributed by atoms with Crippen LogP contribution in [0.2, 0.25) is 0 Å². The first-order chi connectivity index (χ1) is 8.49. The second kappa shape index (κ2) is 4.97. The van der Waals surface area contributed by atoms with Gasteiger partial charge in [0.1, 0.15) is 0 Å². The zero-order chi connectivity index (χ0) is 13.3. The number of amides is 2. The SMILES string of the molecule is CN(C)C(=O)N1CC[C@@H](O)[C@@H]1Cc1cnn(C)c1. The third-order valence-corrected chi connectivity index (χ3v) is 3.34. The lowest BCUT2D eigenvalue weighted by molar-refractivity contribution is 0.113. The number of nitrogens with zero attached hydrogens (tertiary/aromatic N) is 4. The highest BCUT2D eigenvalue weighted by Crippen LogP contribution is 2.22. The van der Waals surface area contributed by atoms with Gasteiger partial charge in [0.25, 0.3) is 0 Å². The summed E-state index contributed by atoms with van der Waals surface area (Å²) in [6.07, 6.45) is 4.54. The molecule has 1 aliphatic heterocycles. The first-order valence-corrected chi connectivity index (χ1v) is 6.12. The minimum Gasteiger partial charge on any atom is -0.391 e. The van der Waals surface area contributed by atoms with Gasteiger partial charge >= 0.3 is 6.03 Å². The lowest BCUT2D eigenvalue weighted by atomic mass is 10.0. The molecule has 2 amide bonds. The molecule has 18 heavy (non-hydrogen) atoms. The summed E-state index contributed by atoms with van der Waals surface area (Å²) in [5, 5.41) is 14.1. The monoisotopic (exact) mass is 252 g/mol. The molecule has 0 spiro atoms.